The molecule has 6 nitrogen and oxygen atoms in total. The highest BCUT2D eigenvalue weighted by Gasteiger charge is 2.09. The number of carbonyl (C=O) groups excluding carboxylic acids is 1. The second-order valence-corrected chi connectivity index (χ2v) is 4.61. The molecule has 0 aliphatic carbocycles. The van der Waals surface area contributed by atoms with Crippen LogP contribution in [-0.2, 0) is 6.61 Å². The molecular formula is C17H13N3O3. The number of carbonyl (C=O) groups is 1. The zero-order chi connectivity index (χ0) is 15.9. The van der Waals surface area contributed by atoms with Crippen LogP contribution >= 0.6 is 0 Å². The molecule has 1 aromatic carbocycles. The Bertz CT molecular complexity index is 777. The Kier molecular flexibility index (Phi) is 4.54. The Morgan fingerprint density at radius 2 is 1.74 bits per heavy atom. The van der Waals surface area contributed by atoms with Crippen molar-refractivity contribution in [2.45, 2.75) is 6.61 Å². The molecule has 114 valence electrons. The normalized spacial score (nSPS) is 10.1. The third kappa shape index (κ3) is 3.88. The standard InChI is InChI=1S/C17H13N3O3/c21-11-13-3-5-15(6-4-13)23-17-16(19-8-9-20-17)22-12-14-2-1-7-18-10-14/h1-11H,12H2. The third-order valence-corrected chi connectivity index (χ3v) is 2.96. The number of aromatic nitrogens is 3. The summed E-state index contributed by atoms with van der Waals surface area (Å²) in [5.41, 5.74) is 1.49. The van der Waals surface area contributed by atoms with E-state index in [2.05, 4.69) is 15.0 Å². The molecule has 0 radical (unpaired) electrons. The van der Waals surface area contributed by atoms with E-state index in [1.165, 1.54) is 12.4 Å². The van der Waals surface area contributed by atoms with Crippen LogP contribution in [0.2, 0.25) is 0 Å². The van der Waals surface area contributed by atoms with Crippen molar-refractivity contribution < 1.29 is 14.3 Å². The lowest BCUT2D eigenvalue weighted by atomic mass is 10.2. The summed E-state index contributed by atoms with van der Waals surface area (Å²) in [6.45, 7) is 0.312. The molecule has 0 aliphatic rings. The van der Waals surface area contributed by atoms with Gasteiger partial charge in [-0.3, -0.25) is 9.78 Å². The highest BCUT2D eigenvalue weighted by molar-refractivity contribution is 5.74. The third-order valence-electron chi connectivity index (χ3n) is 2.96. The van der Waals surface area contributed by atoms with Crippen molar-refractivity contribution in [3.8, 4) is 17.5 Å². The number of ether oxygens (including phenoxy) is 2. The lowest BCUT2D eigenvalue weighted by Crippen LogP contribution is -2.01. The van der Waals surface area contributed by atoms with Crippen molar-refractivity contribution in [2.24, 2.45) is 0 Å². The second-order valence-electron chi connectivity index (χ2n) is 4.61. The van der Waals surface area contributed by atoms with Gasteiger partial charge < -0.3 is 9.47 Å². The van der Waals surface area contributed by atoms with Crippen LogP contribution in [0.4, 0.5) is 0 Å². The van der Waals surface area contributed by atoms with Crippen molar-refractivity contribution in [1.82, 2.24) is 15.0 Å². The van der Waals surface area contributed by atoms with Gasteiger partial charge in [0.15, 0.2) is 0 Å². The molecule has 0 N–H and O–H groups in total. The molecule has 23 heavy (non-hydrogen) atoms. The molecule has 0 saturated heterocycles. The zero-order valence-corrected chi connectivity index (χ0v) is 12.1. The largest absolute Gasteiger partial charge is 0.469 e. The first-order chi connectivity index (χ1) is 11.3. The predicted molar refractivity (Wildman–Crippen MR) is 82.5 cm³/mol. The summed E-state index contributed by atoms with van der Waals surface area (Å²) in [7, 11) is 0. The first-order valence-corrected chi connectivity index (χ1v) is 6.91. The van der Waals surface area contributed by atoms with Gasteiger partial charge in [-0.05, 0) is 30.3 Å². The fourth-order valence-corrected chi connectivity index (χ4v) is 1.84. The summed E-state index contributed by atoms with van der Waals surface area (Å²) in [5.74, 6) is 1.09. The topological polar surface area (TPSA) is 74.2 Å². The van der Waals surface area contributed by atoms with Crippen LogP contribution in [0.15, 0.2) is 61.2 Å². The highest BCUT2D eigenvalue weighted by Crippen LogP contribution is 2.27. The lowest BCUT2D eigenvalue weighted by molar-refractivity contribution is 0.112. The van der Waals surface area contributed by atoms with E-state index in [1.807, 2.05) is 12.1 Å². The fraction of sp³-hybridized carbons (Fsp3) is 0.0588. The van der Waals surface area contributed by atoms with E-state index >= 15 is 0 Å². The first kappa shape index (κ1) is 14.6. The van der Waals surface area contributed by atoms with E-state index in [4.69, 9.17) is 9.47 Å². The van der Waals surface area contributed by atoms with Crippen molar-refractivity contribution in [1.29, 1.82) is 0 Å². The van der Waals surface area contributed by atoms with Gasteiger partial charge in [-0.25, -0.2) is 9.97 Å². The zero-order valence-electron chi connectivity index (χ0n) is 12.1. The average molecular weight is 307 g/mol. The maximum atomic E-state index is 10.7. The van der Waals surface area contributed by atoms with E-state index in [0.29, 0.717) is 17.9 Å². The molecule has 0 aliphatic heterocycles. The first-order valence-electron chi connectivity index (χ1n) is 6.91. The van der Waals surface area contributed by atoms with Crippen molar-refractivity contribution >= 4 is 6.29 Å². The number of nitrogens with zero attached hydrogens (tertiary/aromatic N) is 3. The molecule has 0 saturated carbocycles. The van der Waals surface area contributed by atoms with Gasteiger partial charge in [0.2, 0.25) is 0 Å². The van der Waals surface area contributed by atoms with E-state index in [1.54, 1.807) is 36.7 Å². The van der Waals surface area contributed by atoms with Gasteiger partial charge in [-0.2, -0.15) is 0 Å². The van der Waals surface area contributed by atoms with Crippen LogP contribution in [0.5, 0.6) is 17.5 Å². The minimum atomic E-state index is 0.259. The summed E-state index contributed by atoms with van der Waals surface area (Å²) < 4.78 is 11.3. The van der Waals surface area contributed by atoms with Crippen LogP contribution in [0.25, 0.3) is 0 Å². The SMILES string of the molecule is O=Cc1ccc(Oc2nccnc2OCc2cccnc2)cc1. The Morgan fingerprint density at radius 3 is 2.43 bits per heavy atom. The molecule has 0 fully saturated rings. The Morgan fingerprint density at radius 1 is 0.957 bits per heavy atom. The van der Waals surface area contributed by atoms with Gasteiger partial charge in [-0.1, -0.05) is 6.07 Å². The fourth-order valence-electron chi connectivity index (χ4n) is 1.84. The molecule has 0 atom stereocenters. The summed E-state index contributed by atoms with van der Waals surface area (Å²) in [4.78, 5) is 23.0. The predicted octanol–water partition coefficient (Wildman–Crippen LogP) is 3.06. The number of hydrogen-bond donors (Lipinski definition) is 0. The second kappa shape index (κ2) is 7.13. The summed E-state index contributed by atoms with van der Waals surface area (Å²) in [6.07, 6.45) is 7.24. The summed E-state index contributed by atoms with van der Waals surface area (Å²) >= 11 is 0. The van der Waals surface area contributed by atoms with Gasteiger partial charge >= 0.3 is 0 Å². The molecule has 2 aromatic heterocycles. The molecule has 2 heterocycles. The molecule has 3 rings (SSSR count). The number of benzene rings is 1. The smallest absolute Gasteiger partial charge is 0.283 e. The van der Waals surface area contributed by atoms with E-state index in [0.717, 1.165) is 11.8 Å². The van der Waals surface area contributed by atoms with Crippen molar-refractivity contribution in [2.75, 3.05) is 0 Å². The maximum absolute atomic E-state index is 10.7. The number of hydrogen-bond acceptors (Lipinski definition) is 6. The Labute approximate surface area is 132 Å². The van der Waals surface area contributed by atoms with Gasteiger partial charge in [0, 0.05) is 35.9 Å². The summed E-state index contributed by atoms with van der Waals surface area (Å²) in [6, 6.07) is 10.4. The van der Waals surface area contributed by atoms with Crippen LogP contribution in [-0.4, -0.2) is 21.2 Å². The van der Waals surface area contributed by atoms with E-state index < -0.39 is 0 Å². The monoisotopic (exact) mass is 307 g/mol. The maximum Gasteiger partial charge on any atom is 0.283 e. The minimum absolute atomic E-state index is 0.259. The molecule has 0 amide bonds. The molecular weight excluding hydrogens is 294 g/mol. The molecule has 6 heteroatoms. The van der Waals surface area contributed by atoms with Crippen LogP contribution in [0.1, 0.15) is 15.9 Å². The van der Waals surface area contributed by atoms with Crippen LogP contribution in [0.3, 0.4) is 0 Å². The van der Waals surface area contributed by atoms with Gasteiger partial charge in [0.25, 0.3) is 11.8 Å². The van der Waals surface area contributed by atoms with Gasteiger partial charge in [0.1, 0.15) is 18.6 Å². The average Bonchev–Trinajstić information content (AvgIpc) is 2.62. The Hall–Kier alpha value is -3.28. The summed E-state index contributed by atoms with van der Waals surface area (Å²) in [5, 5.41) is 0. The van der Waals surface area contributed by atoms with E-state index in [-0.39, 0.29) is 11.8 Å². The van der Waals surface area contributed by atoms with Crippen molar-refractivity contribution in [3.05, 3.63) is 72.3 Å². The lowest BCUT2D eigenvalue weighted by Gasteiger charge is -2.10. The van der Waals surface area contributed by atoms with Gasteiger partial charge in [-0.15, -0.1) is 0 Å². The van der Waals surface area contributed by atoms with Gasteiger partial charge in [0.05, 0.1) is 0 Å². The molecule has 0 unspecified atom stereocenters. The van der Waals surface area contributed by atoms with Crippen molar-refractivity contribution in [3.63, 3.8) is 0 Å². The number of rotatable bonds is 6. The molecule has 0 bridgehead atoms. The molecule has 3 aromatic rings. The van der Waals surface area contributed by atoms with E-state index in [9.17, 15) is 4.79 Å². The number of pyridine rings is 1. The minimum Gasteiger partial charge on any atom is -0.469 e. The highest BCUT2D eigenvalue weighted by atomic mass is 16.5. The quantitative estimate of drug-likeness (QED) is 0.652. The number of aldehydes is 1. The van der Waals surface area contributed by atoms with Crippen LogP contribution in [0, 0.1) is 0 Å². The van der Waals surface area contributed by atoms with Crippen LogP contribution < -0.4 is 9.47 Å². The Balaban J connectivity index is 1.73. The molecule has 0 spiro atoms.